The molecule has 1 aromatic heterocycles. The molecule has 1 heterocycles. The van der Waals surface area contributed by atoms with Crippen LogP contribution in [0.5, 0.6) is 0 Å². The van der Waals surface area contributed by atoms with Crippen molar-refractivity contribution in [3.63, 3.8) is 0 Å². The molecule has 0 saturated heterocycles. The Hall–Kier alpha value is -2.65. The number of pyridine rings is 1. The third-order valence-electron chi connectivity index (χ3n) is 3.90. The number of carbonyl (C=O) groups excluding carboxylic acids is 1. The molecule has 0 saturated carbocycles. The summed E-state index contributed by atoms with van der Waals surface area (Å²) in [5.74, 6) is -0.926. The monoisotopic (exact) mass is 384 g/mol. The quantitative estimate of drug-likeness (QED) is 0.710. The van der Waals surface area contributed by atoms with Crippen molar-refractivity contribution in [1.82, 2.24) is 4.98 Å². The molecule has 0 aliphatic carbocycles. The zero-order chi connectivity index (χ0) is 20.4. The Kier molecular flexibility index (Phi) is 5.76. The van der Waals surface area contributed by atoms with Gasteiger partial charge in [-0.1, -0.05) is 30.3 Å². The average molecular weight is 384 g/mol. The molecule has 6 nitrogen and oxygen atoms in total. The van der Waals surface area contributed by atoms with Crippen LogP contribution in [0.3, 0.4) is 0 Å². The van der Waals surface area contributed by atoms with Gasteiger partial charge in [-0.05, 0) is 19.9 Å². The summed E-state index contributed by atoms with van der Waals surface area (Å²) in [5.41, 5.74) is -1.16. The van der Waals surface area contributed by atoms with Gasteiger partial charge in [-0.15, -0.1) is 0 Å². The van der Waals surface area contributed by atoms with Gasteiger partial charge in [-0.3, -0.25) is 0 Å². The average Bonchev–Trinajstić information content (AvgIpc) is 2.59. The summed E-state index contributed by atoms with van der Waals surface area (Å²) in [6, 6.07) is 8.64. The number of rotatable bonds is 6. The number of alkyl halides is 2. The summed E-state index contributed by atoms with van der Waals surface area (Å²) < 4.78 is 46.5. The zero-order valence-corrected chi connectivity index (χ0v) is 14.6. The Bertz CT molecular complexity index is 825. The molecule has 2 aromatic rings. The molecule has 1 unspecified atom stereocenters. The van der Waals surface area contributed by atoms with Gasteiger partial charge < -0.3 is 20.7 Å². The van der Waals surface area contributed by atoms with Gasteiger partial charge in [-0.25, -0.2) is 22.9 Å². The lowest BCUT2D eigenvalue weighted by Gasteiger charge is -2.29. The second-order valence-electron chi connectivity index (χ2n) is 6.48. The van der Waals surface area contributed by atoms with E-state index in [-0.39, 0.29) is 16.8 Å². The SMILES string of the molecule is CC(C)(O)c1cc(C(O)(COC(N)=O)C(F)F)nc(-c2ccccc2)c1F. The number of aliphatic hydroxyl groups is 2. The standard InChI is InChI=1S/C18H19F3N2O4/c1-17(2,25)11-8-12(18(26,15(20)21)9-27-16(22)24)23-14(13(11)19)10-6-4-3-5-7-10/h3-8,15,25-26H,9H2,1-2H3,(H2,22,24). The van der Waals surface area contributed by atoms with Crippen molar-refractivity contribution in [2.24, 2.45) is 5.73 Å². The third-order valence-corrected chi connectivity index (χ3v) is 3.90. The molecule has 1 amide bonds. The van der Waals surface area contributed by atoms with Gasteiger partial charge in [0, 0.05) is 11.1 Å². The fourth-order valence-corrected chi connectivity index (χ4v) is 2.41. The van der Waals surface area contributed by atoms with Gasteiger partial charge in [0.05, 0.1) is 11.3 Å². The van der Waals surface area contributed by atoms with E-state index in [0.29, 0.717) is 0 Å². The molecule has 1 atom stereocenters. The summed E-state index contributed by atoms with van der Waals surface area (Å²) in [4.78, 5) is 14.6. The van der Waals surface area contributed by atoms with Crippen molar-refractivity contribution >= 4 is 6.09 Å². The smallest absolute Gasteiger partial charge is 0.404 e. The minimum Gasteiger partial charge on any atom is -0.446 e. The van der Waals surface area contributed by atoms with E-state index in [9.17, 15) is 28.2 Å². The van der Waals surface area contributed by atoms with E-state index in [1.54, 1.807) is 18.2 Å². The minimum atomic E-state index is -3.44. The molecule has 0 aliphatic heterocycles. The van der Waals surface area contributed by atoms with Crippen LogP contribution >= 0.6 is 0 Å². The summed E-state index contributed by atoms with van der Waals surface area (Å²) in [5, 5.41) is 20.7. The van der Waals surface area contributed by atoms with E-state index in [4.69, 9.17) is 5.73 Å². The molecule has 146 valence electrons. The number of primary amides is 1. The van der Waals surface area contributed by atoms with Crippen molar-refractivity contribution < 1.29 is 32.9 Å². The molecule has 4 N–H and O–H groups in total. The lowest BCUT2D eigenvalue weighted by molar-refractivity contribution is -0.132. The van der Waals surface area contributed by atoms with Crippen molar-refractivity contribution in [2.45, 2.75) is 31.5 Å². The molecule has 1 aromatic carbocycles. The summed E-state index contributed by atoms with van der Waals surface area (Å²) in [6.07, 6.45) is -4.81. The third kappa shape index (κ3) is 4.37. The van der Waals surface area contributed by atoms with Crippen molar-refractivity contribution in [3.8, 4) is 11.3 Å². The highest BCUT2D eigenvalue weighted by Gasteiger charge is 2.44. The van der Waals surface area contributed by atoms with Gasteiger partial charge >= 0.3 is 6.09 Å². The zero-order valence-electron chi connectivity index (χ0n) is 14.6. The first-order valence-electron chi connectivity index (χ1n) is 7.89. The Morgan fingerprint density at radius 2 is 1.85 bits per heavy atom. The van der Waals surface area contributed by atoms with Crippen LogP contribution in [-0.2, 0) is 15.9 Å². The number of nitrogens with two attached hydrogens (primary N) is 1. The fraction of sp³-hybridized carbons (Fsp3) is 0.333. The lowest BCUT2D eigenvalue weighted by atomic mass is 9.91. The molecule has 0 bridgehead atoms. The number of nitrogens with zero attached hydrogens (tertiary/aromatic N) is 1. The van der Waals surface area contributed by atoms with E-state index in [0.717, 1.165) is 6.07 Å². The summed E-state index contributed by atoms with van der Waals surface area (Å²) >= 11 is 0. The van der Waals surface area contributed by atoms with Crippen LogP contribution in [0.15, 0.2) is 36.4 Å². The van der Waals surface area contributed by atoms with Crippen molar-refractivity contribution in [1.29, 1.82) is 0 Å². The van der Waals surface area contributed by atoms with Crippen LogP contribution in [0.4, 0.5) is 18.0 Å². The fourth-order valence-electron chi connectivity index (χ4n) is 2.41. The Morgan fingerprint density at radius 3 is 2.33 bits per heavy atom. The van der Waals surface area contributed by atoms with E-state index >= 15 is 0 Å². The van der Waals surface area contributed by atoms with Crippen molar-refractivity contribution in [3.05, 3.63) is 53.5 Å². The molecule has 0 aliphatic rings. The first-order chi connectivity index (χ1) is 12.5. The molecule has 2 rings (SSSR count). The van der Waals surface area contributed by atoms with Crippen LogP contribution in [0.1, 0.15) is 25.1 Å². The first kappa shape index (κ1) is 20.7. The number of hydrogen-bond donors (Lipinski definition) is 3. The maximum absolute atomic E-state index is 14.9. The number of halogens is 3. The topological polar surface area (TPSA) is 106 Å². The summed E-state index contributed by atoms with van der Waals surface area (Å²) in [6.45, 7) is 1.31. The van der Waals surface area contributed by atoms with Crippen LogP contribution in [0.2, 0.25) is 0 Å². The molecular formula is C18H19F3N2O4. The van der Waals surface area contributed by atoms with E-state index in [1.165, 1.54) is 26.0 Å². The van der Waals surface area contributed by atoms with E-state index in [2.05, 4.69) is 9.72 Å². The number of aromatic nitrogens is 1. The highest BCUT2D eigenvalue weighted by Crippen LogP contribution is 2.35. The molecule has 27 heavy (non-hydrogen) atoms. The van der Waals surface area contributed by atoms with Crippen LogP contribution < -0.4 is 5.73 Å². The van der Waals surface area contributed by atoms with Gasteiger partial charge in [0.2, 0.25) is 5.60 Å². The maximum Gasteiger partial charge on any atom is 0.404 e. The number of amides is 1. The summed E-state index contributed by atoms with van der Waals surface area (Å²) in [7, 11) is 0. The van der Waals surface area contributed by atoms with Gasteiger partial charge in [0.15, 0.2) is 5.82 Å². The number of hydrogen-bond acceptors (Lipinski definition) is 5. The van der Waals surface area contributed by atoms with Crippen LogP contribution in [0, 0.1) is 5.82 Å². The van der Waals surface area contributed by atoms with Crippen LogP contribution in [0.25, 0.3) is 11.3 Å². The molecule has 0 fully saturated rings. The Morgan fingerprint density at radius 1 is 1.26 bits per heavy atom. The first-order valence-corrected chi connectivity index (χ1v) is 7.89. The highest BCUT2D eigenvalue weighted by molar-refractivity contribution is 5.65. The predicted molar refractivity (Wildman–Crippen MR) is 90.3 cm³/mol. The molecule has 9 heteroatoms. The predicted octanol–water partition coefficient (Wildman–Crippen LogP) is 2.66. The molecule has 0 radical (unpaired) electrons. The Balaban J connectivity index is 2.73. The van der Waals surface area contributed by atoms with Gasteiger partial charge in [0.25, 0.3) is 6.43 Å². The van der Waals surface area contributed by atoms with E-state index in [1.807, 2.05) is 0 Å². The van der Waals surface area contributed by atoms with Gasteiger partial charge in [0.1, 0.15) is 12.3 Å². The largest absolute Gasteiger partial charge is 0.446 e. The molecule has 0 spiro atoms. The maximum atomic E-state index is 14.9. The second kappa shape index (κ2) is 7.53. The lowest BCUT2D eigenvalue weighted by Crippen LogP contribution is -2.42. The van der Waals surface area contributed by atoms with Crippen LogP contribution in [-0.4, -0.2) is 34.3 Å². The number of ether oxygens (including phenoxy) is 1. The second-order valence-corrected chi connectivity index (χ2v) is 6.48. The Labute approximate surface area is 153 Å². The number of benzene rings is 1. The van der Waals surface area contributed by atoms with E-state index < -0.39 is 41.8 Å². The minimum absolute atomic E-state index is 0.245. The van der Waals surface area contributed by atoms with Gasteiger partial charge in [-0.2, -0.15) is 0 Å². The normalized spacial score (nSPS) is 14.1. The molecular weight excluding hydrogens is 365 g/mol. The van der Waals surface area contributed by atoms with Crippen molar-refractivity contribution in [2.75, 3.05) is 6.61 Å². The highest BCUT2D eigenvalue weighted by atomic mass is 19.3. The number of carbonyl (C=O) groups is 1.